The van der Waals surface area contributed by atoms with Gasteiger partial charge in [0, 0.05) is 17.6 Å². The third-order valence-electron chi connectivity index (χ3n) is 2.18. The zero-order chi connectivity index (χ0) is 9.97. The highest BCUT2D eigenvalue weighted by Crippen LogP contribution is 2.21. The molecular weight excluding hydrogens is 172 g/mol. The monoisotopic (exact) mass is 186 g/mol. The lowest BCUT2D eigenvalue weighted by molar-refractivity contribution is 0.692. The van der Waals surface area contributed by atoms with E-state index in [2.05, 4.69) is 29.0 Å². The molecule has 2 rings (SSSR count). The van der Waals surface area contributed by atoms with Crippen molar-refractivity contribution >= 4 is 5.84 Å². The molecule has 0 fully saturated rings. The highest BCUT2D eigenvalue weighted by atomic mass is 15.2. The van der Waals surface area contributed by atoms with Crippen molar-refractivity contribution in [2.24, 2.45) is 4.99 Å². The van der Waals surface area contributed by atoms with Crippen LogP contribution in [-0.2, 0) is 0 Å². The Morgan fingerprint density at radius 3 is 3.07 bits per heavy atom. The van der Waals surface area contributed by atoms with E-state index in [1.54, 1.807) is 0 Å². The van der Waals surface area contributed by atoms with Crippen molar-refractivity contribution in [1.82, 2.24) is 4.90 Å². The molecule has 0 unspecified atom stereocenters. The number of amidine groups is 1. The van der Waals surface area contributed by atoms with Crippen LogP contribution in [0.3, 0.4) is 0 Å². The Hall–Kier alpha value is -1.57. The highest BCUT2D eigenvalue weighted by molar-refractivity contribution is 5.98. The van der Waals surface area contributed by atoms with Gasteiger partial charge in [-0.15, -0.1) is 0 Å². The molecule has 0 atom stereocenters. The smallest absolute Gasteiger partial charge is 0.137 e. The molecule has 0 aliphatic carbocycles. The first kappa shape index (κ1) is 9.00. The third-order valence-corrected chi connectivity index (χ3v) is 2.18. The molecule has 0 saturated heterocycles. The summed E-state index contributed by atoms with van der Waals surface area (Å²) >= 11 is 0. The maximum absolute atomic E-state index is 4.46. The first-order chi connectivity index (χ1) is 6.81. The van der Waals surface area contributed by atoms with E-state index in [9.17, 15) is 0 Å². The van der Waals surface area contributed by atoms with Gasteiger partial charge in [-0.25, -0.2) is 4.99 Å². The average Bonchev–Trinajstić information content (AvgIpc) is 2.18. The molecule has 2 aliphatic heterocycles. The summed E-state index contributed by atoms with van der Waals surface area (Å²) in [5.74, 6) is 1.01. The fourth-order valence-electron chi connectivity index (χ4n) is 1.61. The van der Waals surface area contributed by atoms with Gasteiger partial charge in [0.25, 0.3) is 0 Å². The largest absolute Gasteiger partial charge is 0.302 e. The second kappa shape index (κ2) is 3.66. The Labute approximate surface area is 84.6 Å². The van der Waals surface area contributed by atoms with Crippen LogP contribution >= 0.6 is 0 Å². The van der Waals surface area contributed by atoms with Gasteiger partial charge < -0.3 is 4.90 Å². The predicted octanol–water partition coefficient (Wildman–Crippen LogP) is 2.98. The molecule has 14 heavy (non-hydrogen) atoms. The topological polar surface area (TPSA) is 15.6 Å². The molecular formula is C12H14N2. The van der Waals surface area contributed by atoms with Crippen LogP contribution in [0.4, 0.5) is 0 Å². The fraction of sp³-hybridized carbons (Fsp3) is 0.250. The Morgan fingerprint density at radius 1 is 1.43 bits per heavy atom. The SMILES string of the molecule is CC/C=C1\C=C(C)N=C2C=CC=CN21. The summed E-state index contributed by atoms with van der Waals surface area (Å²) in [7, 11) is 0. The summed E-state index contributed by atoms with van der Waals surface area (Å²) in [6, 6.07) is 0. The van der Waals surface area contributed by atoms with Gasteiger partial charge in [0.15, 0.2) is 0 Å². The average molecular weight is 186 g/mol. The number of aliphatic imine (C=N–C) groups is 1. The Morgan fingerprint density at radius 2 is 2.29 bits per heavy atom. The first-order valence-corrected chi connectivity index (χ1v) is 4.92. The molecule has 0 N–H and O–H groups in total. The van der Waals surface area contributed by atoms with E-state index in [1.165, 1.54) is 5.70 Å². The molecule has 2 aliphatic rings. The lowest BCUT2D eigenvalue weighted by atomic mass is 10.2. The highest BCUT2D eigenvalue weighted by Gasteiger charge is 2.15. The number of hydrogen-bond acceptors (Lipinski definition) is 2. The maximum atomic E-state index is 4.46. The lowest BCUT2D eigenvalue weighted by Crippen LogP contribution is -2.26. The summed E-state index contributed by atoms with van der Waals surface area (Å²) in [5, 5.41) is 0. The zero-order valence-corrected chi connectivity index (χ0v) is 8.57. The second-order valence-electron chi connectivity index (χ2n) is 3.36. The van der Waals surface area contributed by atoms with Crippen molar-refractivity contribution in [3.8, 4) is 0 Å². The summed E-state index contributed by atoms with van der Waals surface area (Å²) < 4.78 is 0. The Balaban J connectivity index is 2.40. The Kier molecular flexibility index (Phi) is 2.35. The van der Waals surface area contributed by atoms with Gasteiger partial charge in [-0.3, -0.25) is 0 Å². The van der Waals surface area contributed by atoms with Gasteiger partial charge in [0.1, 0.15) is 5.84 Å². The van der Waals surface area contributed by atoms with Crippen LogP contribution < -0.4 is 0 Å². The number of allylic oxidation sites excluding steroid dienone is 5. The van der Waals surface area contributed by atoms with Crippen molar-refractivity contribution in [3.63, 3.8) is 0 Å². The molecule has 2 heterocycles. The molecule has 0 bridgehead atoms. The predicted molar refractivity (Wildman–Crippen MR) is 59.7 cm³/mol. The van der Waals surface area contributed by atoms with Crippen molar-refractivity contribution in [3.05, 3.63) is 48.0 Å². The molecule has 0 saturated carbocycles. The maximum Gasteiger partial charge on any atom is 0.137 e. The summed E-state index contributed by atoms with van der Waals surface area (Å²) in [6.07, 6.45) is 13.5. The van der Waals surface area contributed by atoms with Gasteiger partial charge in [-0.1, -0.05) is 19.1 Å². The van der Waals surface area contributed by atoms with Crippen LogP contribution in [-0.4, -0.2) is 10.7 Å². The molecule has 0 aromatic heterocycles. The molecule has 0 amide bonds. The Bertz CT molecular complexity index is 381. The standard InChI is InChI=1S/C12H14N2/c1-3-6-11-9-10(2)13-12-7-4-5-8-14(11)12/h4-9H,3H2,1-2H3/b11-6+. The summed E-state index contributed by atoms with van der Waals surface area (Å²) in [5.41, 5.74) is 2.28. The number of nitrogens with zero attached hydrogens (tertiary/aromatic N) is 2. The normalized spacial score (nSPS) is 22.1. The molecule has 0 aromatic carbocycles. The molecule has 2 nitrogen and oxygen atoms in total. The van der Waals surface area contributed by atoms with E-state index < -0.39 is 0 Å². The lowest BCUT2D eigenvalue weighted by Gasteiger charge is -2.27. The molecule has 0 radical (unpaired) electrons. The number of hydrogen-bond donors (Lipinski definition) is 0. The summed E-state index contributed by atoms with van der Waals surface area (Å²) in [4.78, 5) is 6.57. The van der Waals surface area contributed by atoms with Gasteiger partial charge in [0.05, 0.1) is 0 Å². The van der Waals surface area contributed by atoms with Crippen LogP contribution in [0.15, 0.2) is 53.0 Å². The molecule has 0 spiro atoms. The van der Waals surface area contributed by atoms with Crippen molar-refractivity contribution in [2.45, 2.75) is 20.3 Å². The van der Waals surface area contributed by atoms with Gasteiger partial charge in [-0.2, -0.15) is 0 Å². The molecule has 0 aromatic rings. The van der Waals surface area contributed by atoms with Crippen LogP contribution in [0, 0.1) is 0 Å². The van der Waals surface area contributed by atoms with Crippen LogP contribution in [0.5, 0.6) is 0 Å². The number of fused-ring (bicyclic) bond motifs is 1. The molecule has 2 heteroatoms. The molecule has 72 valence electrons. The van der Waals surface area contributed by atoms with Crippen LogP contribution in [0.1, 0.15) is 20.3 Å². The van der Waals surface area contributed by atoms with E-state index in [-0.39, 0.29) is 0 Å². The van der Waals surface area contributed by atoms with E-state index in [0.29, 0.717) is 0 Å². The zero-order valence-electron chi connectivity index (χ0n) is 8.57. The van der Waals surface area contributed by atoms with Gasteiger partial charge in [0.2, 0.25) is 0 Å². The first-order valence-electron chi connectivity index (χ1n) is 4.92. The summed E-state index contributed by atoms with van der Waals surface area (Å²) in [6.45, 7) is 4.17. The van der Waals surface area contributed by atoms with Crippen molar-refractivity contribution in [2.75, 3.05) is 0 Å². The van der Waals surface area contributed by atoms with Crippen LogP contribution in [0.2, 0.25) is 0 Å². The minimum Gasteiger partial charge on any atom is -0.302 e. The number of rotatable bonds is 1. The van der Waals surface area contributed by atoms with E-state index in [0.717, 1.165) is 18.0 Å². The second-order valence-corrected chi connectivity index (χ2v) is 3.36. The van der Waals surface area contributed by atoms with Crippen molar-refractivity contribution < 1.29 is 0 Å². The van der Waals surface area contributed by atoms with E-state index >= 15 is 0 Å². The quantitative estimate of drug-likeness (QED) is 0.614. The van der Waals surface area contributed by atoms with E-state index in [4.69, 9.17) is 0 Å². The minimum atomic E-state index is 1.01. The fourth-order valence-corrected chi connectivity index (χ4v) is 1.61. The third kappa shape index (κ3) is 1.55. The van der Waals surface area contributed by atoms with Crippen molar-refractivity contribution in [1.29, 1.82) is 0 Å². The van der Waals surface area contributed by atoms with Crippen LogP contribution in [0.25, 0.3) is 0 Å². The van der Waals surface area contributed by atoms with Gasteiger partial charge in [-0.05, 0) is 31.6 Å². The van der Waals surface area contributed by atoms with Gasteiger partial charge >= 0.3 is 0 Å². The van der Waals surface area contributed by atoms with E-state index in [1.807, 2.05) is 31.4 Å². The minimum absolute atomic E-state index is 1.01.